The van der Waals surface area contributed by atoms with Crippen molar-refractivity contribution in [2.75, 3.05) is 5.32 Å². The Labute approximate surface area is 121 Å². The summed E-state index contributed by atoms with van der Waals surface area (Å²) in [4.78, 5) is 22.7. The summed E-state index contributed by atoms with van der Waals surface area (Å²) in [6, 6.07) is 11.1. The Morgan fingerprint density at radius 2 is 1.90 bits per heavy atom. The van der Waals surface area contributed by atoms with Gasteiger partial charge in [-0.3, -0.25) is 9.59 Å². The number of carboxylic acid groups (broad SMARTS) is 1. The van der Waals surface area contributed by atoms with Crippen LogP contribution < -0.4 is 5.32 Å². The van der Waals surface area contributed by atoms with E-state index in [1.807, 2.05) is 0 Å². The number of benzene rings is 2. The number of aryl methyl sites for hydroxylation is 1. The van der Waals surface area contributed by atoms with Crippen LogP contribution in [0.15, 0.2) is 42.5 Å². The minimum Gasteiger partial charge on any atom is -0.481 e. The van der Waals surface area contributed by atoms with Crippen molar-refractivity contribution in [3.8, 4) is 0 Å². The first-order chi connectivity index (χ1) is 9.97. The van der Waals surface area contributed by atoms with E-state index in [-0.39, 0.29) is 12.0 Å². The Morgan fingerprint density at radius 1 is 1.19 bits per heavy atom. The summed E-state index contributed by atoms with van der Waals surface area (Å²) >= 11 is 0. The van der Waals surface area contributed by atoms with E-state index in [2.05, 4.69) is 5.32 Å². The van der Waals surface area contributed by atoms with Crippen molar-refractivity contribution in [2.45, 2.75) is 13.3 Å². The summed E-state index contributed by atoms with van der Waals surface area (Å²) in [5.74, 6) is -2.08. The maximum atomic E-state index is 13.9. The van der Waals surface area contributed by atoms with Crippen molar-refractivity contribution in [1.29, 1.82) is 0 Å². The Bertz CT molecular complexity index is 698. The molecular formula is C16H14FNO3. The van der Waals surface area contributed by atoms with E-state index in [0.29, 0.717) is 16.8 Å². The van der Waals surface area contributed by atoms with E-state index in [1.54, 1.807) is 43.3 Å². The minimum atomic E-state index is -0.955. The molecule has 2 aromatic carbocycles. The fraction of sp³-hybridized carbons (Fsp3) is 0.125. The molecule has 0 aromatic heterocycles. The molecule has 0 atom stereocenters. The van der Waals surface area contributed by atoms with Gasteiger partial charge in [0.15, 0.2) is 0 Å². The van der Waals surface area contributed by atoms with Crippen molar-refractivity contribution < 1.29 is 19.1 Å². The van der Waals surface area contributed by atoms with Gasteiger partial charge in [-0.25, -0.2) is 4.39 Å². The molecule has 0 radical (unpaired) electrons. The van der Waals surface area contributed by atoms with Crippen molar-refractivity contribution >= 4 is 17.6 Å². The highest BCUT2D eigenvalue weighted by Gasteiger charge is 2.13. The number of carbonyl (C=O) groups excluding carboxylic acids is 1. The Hall–Kier alpha value is -2.69. The summed E-state index contributed by atoms with van der Waals surface area (Å²) in [5.41, 5.74) is 1.34. The average molecular weight is 287 g/mol. The molecule has 0 saturated carbocycles. The summed E-state index contributed by atoms with van der Waals surface area (Å²) < 4.78 is 13.9. The topological polar surface area (TPSA) is 66.4 Å². The first-order valence-corrected chi connectivity index (χ1v) is 6.34. The van der Waals surface area contributed by atoms with E-state index in [0.717, 1.165) is 0 Å². The van der Waals surface area contributed by atoms with Gasteiger partial charge in [0.2, 0.25) is 0 Å². The van der Waals surface area contributed by atoms with Gasteiger partial charge in [-0.1, -0.05) is 24.3 Å². The third-order valence-corrected chi connectivity index (χ3v) is 2.98. The Morgan fingerprint density at radius 3 is 2.62 bits per heavy atom. The number of aliphatic carboxylic acids is 1. The van der Waals surface area contributed by atoms with Crippen LogP contribution in [0.25, 0.3) is 0 Å². The molecule has 0 aliphatic heterocycles. The highest BCUT2D eigenvalue weighted by atomic mass is 19.1. The predicted octanol–water partition coefficient (Wildman–Crippen LogP) is 3.01. The van der Waals surface area contributed by atoms with Crippen LogP contribution in [0.5, 0.6) is 0 Å². The molecule has 0 unspecified atom stereocenters. The average Bonchev–Trinajstić information content (AvgIpc) is 2.41. The smallest absolute Gasteiger partial charge is 0.307 e. The summed E-state index contributed by atoms with van der Waals surface area (Å²) in [5, 5.41) is 11.3. The van der Waals surface area contributed by atoms with Crippen LogP contribution in [0, 0.1) is 12.7 Å². The maximum absolute atomic E-state index is 13.9. The fourth-order valence-electron chi connectivity index (χ4n) is 1.95. The van der Waals surface area contributed by atoms with Crippen LogP contribution in [-0.2, 0) is 11.2 Å². The highest BCUT2D eigenvalue weighted by molar-refractivity contribution is 6.04. The van der Waals surface area contributed by atoms with E-state index in [1.165, 1.54) is 6.07 Å². The van der Waals surface area contributed by atoms with Crippen LogP contribution in [0.4, 0.5) is 10.1 Å². The van der Waals surface area contributed by atoms with Crippen LogP contribution in [-0.4, -0.2) is 17.0 Å². The second kappa shape index (κ2) is 6.17. The number of carbonyl (C=O) groups is 2. The number of rotatable bonds is 4. The monoisotopic (exact) mass is 287 g/mol. The quantitative estimate of drug-likeness (QED) is 0.908. The number of anilines is 1. The van der Waals surface area contributed by atoms with Gasteiger partial charge >= 0.3 is 5.97 Å². The van der Waals surface area contributed by atoms with Crippen molar-refractivity contribution in [1.82, 2.24) is 0 Å². The molecule has 0 fully saturated rings. The molecule has 2 rings (SSSR count). The van der Waals surface area contributed by atoms with Gasteiger partial charge < -0.3 is 10.4 Å². The third-order valence-electron chi connectivity index (χ3n) is 2.98. The van der Waals surface area contributed by atoms with E-state index in [4.69, 9.17) is 5.11 Å². The lowest BCUT2D eigenvalue weighted by Crippen LogP contribution is -2.14. The van der Waals surface area contributed by atoms with E-state index in [9.17, 15) is 14.0 Å². The number of nitrogens with one attached hydrogen (secondary N) is 1. The molecule has 2 aromatic rings. The zero-order chi connectivity index (χ0) is 15.4. The summed E-state index contributed by atoms with van der Waals surface area (Å²) in [7, 11) is 0. The van der Waals surface area contributed by atoms with Crippen molar-refractivity contribution in [3.63, 3.8) is 0 Å². The molecule has 1 amide bonds. The van der Waals surface area contributed by atoms with Gasteiger partial charge in [0.05, 0.1) is 12.0 Å². The molecule has 0 aliphatic rings. The van der Waals surface area contributed by atoms with Crippen molar-refractivity contribution in [2.24, 2.45) is 0 Å². The fourth-order valence-corrected chi connectivity index (χ4v) is 1.95. The molecule has 0 aliphatic carbocycles. The minimum absolute atomic E-state index is 0.0429. The van der Waals surface area contributed by atoms with Crippen LogP contribution in [0.2, 0.25) is 0 Å². The van der Waals surface area contributed by atoms with Gasteiger partial charge in [0, 0.05) is 5.69 Å². The standard InChI is InChI=1S/C16H14FNO3/c1-10-4-2-7-13(15(10)17)16(21)18-12-6-3-5-11(8-12)9-14(19)20/h2-8H,9H2,1H3,(H,18,21)(H,19,20). The van der Waals surface area contributed by atoms with Gasteiger partial charge in [0.25, 0.3) is 5.91 Å². The first kappa shape index (κ1) is 14.7. The SMILES string of the molecule is Cc1cccc(C(=O)Nc2cccc(CC(=O)O)c2)c1F. The number of carboxylic acids is 1. The second-order valence-electron chi connectivity index (χ2n) is 4.66. The predicted molar refractivity (Wildman–Crippen MR) is 76.9 cm³/mol. The van der Waals surface area contributed by atoms with Crippen LogP contribution in [0.1, 0.15) is 21.5 Å². The van der Waals surface area contributed by atoms with Crippen molar-refractivity contribution in [3.05, 3.63) is 65.0 Å². The molecule has 0 heterocycles. The van der Waals surface area contributed by atoms with Crippen LogP contribution in [0.3, 0.4) is 0 Å². The summed E-state index contributed by atoms with van der Waals surface area (Å²) in [6.07, 6.45) is -0.136. The number of hydrogen-bond donors (Lipinski definition) is 2. The second-order valence-corrected chi connectivity index (χ2v) is 4.66. The molecule has 108 valence electrons. The molecule has 2 N–H and O–H groups in total. The summed E-state index contributed by atoms with van der Waals surface area (Å²) in [6.45, 7) is 1.58. The van der Waals surface area contributed by atoms with Crippen LogP contribution >= 0.6 is 0 Å². The van der Waals surface area contributed by atoms with Gasteiger partial charge in [0.1, 0.15) is 5.82 Å². The zero-order valence-electron chi connectivity index (χ0n) is 11.4. The first-order valence-electron chi connectivity index (χ1n) is 6.34. The Kier molecular flexibility index (Phi) is 4.33. The lowest BCUT2D eigenvalue weighted by molar-refractivity contribution is -0.136. The van der Waals surface area contributed by atoms with E-state index < -0.39 is 17.7 Å². The molecule has 4 nitrogen and oxygen atoms in total. The molecule has 0 bridgehead atoms. The molecule has 5 heteroatoms. The Balaban J connectivity index is 2.20. The zero-order valence-corrected chi connectivity index (χ0v) is 11.4. The highest BCUT2D eigenvalue weighted by Crippen LogP contribution is 2.16. The van der Waals surface area contributed by atoms with Gasteiger partial charge in [-0.2, -0.15) is 0 Å². The lowest BCUT2D eigenvalue weighted by atomic mass is 10.1. The molecule has 0 spiro atoms. The molecule has 0 saturated heterocycles. The number of amides is 1. The largest absolute Gasteiger partial charge is 0.481 e. The van der Waals surface area contributed by atoms with Gasteiger partial charge in [-0.15, -0.1) is 0 Å². The molecular weight excluding hydrogens is 273 g/mol. The van der Waals surface area contributed by atoms with Gasteiger partial charge in [-0.05, 0) is 36.2 Å². The molecule has 21 heavy (non-hydrogen) atoms. The third kappa shape index (κ3) is 3.66. The number of hydrogen-bond acceptors (Lipinski definition) is 2. The maximum Gasteiger partial charge on any atom is 0.307 e. The van der Waals surface area contributed by atoms with E-state index >= 15 is 0 Å². The normalized spacial score (nSPS) is 10.2. The lowest BCUT2D eigenvalue weighted by Gasteiger charge is -2.08. The number of halogens is 1.